The van der Waals surface area contributed by atoms with Gasteiger partial charge in [0.15, 0.2) is 5.65 Å². The fourth-order valence-electron chi connectivity index (χ4n) is 3.69. The molecule has 0 aliphatic carbocycles. The van der Waals surface area contributed by atoms with Crippen LogP contribution in [0.5, 0.6) is 5.75 Å². The summed E-state index contributed by atoms with van der Waals surface area (Å²) in [6, 6.07) is 13.9. The van der Waals surface area contributed by atoms with Gasteiger partial charge in [-0.15, -0.1) is 0 Å². The van der Waals surface area contributed by atoms with Gasteiger partial charge in [-0.2, -0.15) is 5.10 Å². The second kappa shape index (κ2) is 6.67. The number of carbonyl (C=O) groups is 2. The number of carbonyl (C=O) groups excluding carboxylic acids is 2. The molecule has 0 saturated carbocycles. The molecule has 3 heterocycles. The van der Waals surface area contributed by atoms with Crippen molar-refractivity contribution in [3.8, 4) is 11.4 Å². The summed E-state index contributed by atoms with van der Waals surface area (Å²) < 4.78 is 6.86. The second-order valence-corrected chi connectivity index (χ2v) is 7.30. The van der Waals surface area contributed by atoms with Crippen LogP contribution in [-0.4, -0.2) is 33.7 Å². The van der Waals surface area contributed by atoms with Crippen LogP contribution in [0.15, 0.2) is 54.7 Å². The topological polar surface area (TPSA) is 77.3 Å². The Bertz CT molecular complexity index is 1330. The molecule has 7 nitrogen and oxygen atoms in total. The number of hydrogen-bond donors (Lipinski definition) is 0. The Hall–Kier alpha value is -3.71. The normalized spacial score (nSPS) is 13.2. The van der Waals surface area contributed by atoms with Crippen molar-refractivity contribution in [3.63, 3.8) is 0 Å². The fraction of sp³-hybridized carbons (Fsp3) is 0.0909. The third-order valence-corrected chi connectivity index (χ3v) is 5.38. The van der Waals surface area contributed by atoms with Gasteiger partial charge in [0.2, 0.25) is 0 Å². The maximum Gasteiger partial charge on any atom is 0.267 e. The minimum Gasteiger partial charge on any atom is -0.497 e. The molecule has 1 aliphatic heterocycles. The third kappa shape index (κ3) is 2.59. The molecule has 30 heavy (non-hydrogen) atoms. The van der Waals surface area contributed by atoms with Gasteiger partial charge < -0.3 is 4.74 Å². The molecule has 5 rings (SSSR count). The van der Waals surface area contributed by atoms with Crippen molar-refractivity contribution in [3.05, 3.63) is 76.6 Å². The van der Waals surface area contributed by atoms with Crippen molar-refractivity contribution in [2.75, 3.05) is 12.0 Å². The Morgan fingerprint density at radius 1 is 0.933 bits per heavy atom. The number of aryl methyl sites for hydroxylation is 1. The highest BCUT2D eigenvalue weighted by Gasteiger charge is 2.40. The van der Waals surface area contributed by atoms with Crippen molar-refractivity contribution in [1.82, 2.24) is 14.8 Å². The van der Waals surface area contributed by atoms with Crippen molar-refractivity contribution in [2.45, 2.75) is 6.92 Å². The SMILES string of the molecule is COc1ccc(-n2nc(C)c3c4c(cnc32)C(=O)N(c2ccc(Cl)cc2)C4=O)cc1. The summed E-state index contributed by atoms with van der Waals surface area (Å²) in [5, 5.41) is 5.67. The minimum absolute atomic E-state index is 0.264. The van der Waals surface area contributed by atoms with Gasteiger partial charge >= 0.3 is 0 Å². The molecular weight excluding hydrogens is 404 g/mol. The van der Waals surface area contributed by atoms with Crippen LogP contribution in [-0.2, 0) is 0 Å². The number of methoxy groups -OCH3 is 1. The zero-order chi connectivity index (χ0) is 21.0. The molecule has 2 amide bonds. The maximum absolute atomic E-state index is 13.3. The van der Waals surface area contributed by atoms with E-state index >= 15 is 0 Å². The molecule has 0 spiro atoms. The second-order valence-electron chi connectivity index (χ2n) is 6.86. The van der Waals surface area contributed by atoms with E-state index in [2.05, 4.69) is 10.1 Å². The summed E-state index contributed by atoms with van der Waals surface area (Å²) in [5.41, 5.74) is 2.93. The van der Waals surface area contributed by atoms with Crippen molar-refractivity contribution in [2.24, 2.45) is 0 Å². The number of imide groups is 1. The predicted molar refractivity (Wildman–Crippen MR) is 113 cm³/mol. The Kier molecular flexibility index (Phi) is 4.08. The number of hydrogen-bond acceptors (Lipinski definition) is 5. The van der Waals surface area contributed by atoms with E-state index in [0.29, 0.717) is 33.0 Å². The highest BCUT2D eigenvalue weighted by atomic mass is 35.5. The van der Waals surface area contributed by atoms with Gasteiger partial charge in [-0.05, 0) is 55.5 Å². The number of anilines is 1. The number of halogens is 1. The Morgan fingerprint density at radius 2 is 1.60 bits per heavy atom. The van der Waals surface area contributed by atoms with E-state index in [-0.39, 0.29) is 5.56 Å². The van der Waals surface area contributed by atoms with Gasteiger partial charge in [0.1, 0.15) is 5.75 Å². The number of ether oxygens (including phenoxy) is 1. The monoisotopic (exact) mass is 418 g/mol. The quantitative estimate of drug-likeness (QED) is 0.466. The number of pyridine rings is 1. The lowest BCUT2D eigenvalue weighted by Gasteiger charge is -2.13. The van der Waals surface area contributed by atoms with E-state index in [9.17, 15) is 9.59 Å². The van der Waals surface area contributed by atoms with Gasteiger partial charge in [-0.1, -0.05) is 11.6 Å². The zero-order valence-electron chi connectivity index (χ0n) is 16.1. The number of fused-ring (bicyclic) bond motifs is 3. The molecule has 2 aromatic carbocycles. The molecule has 0 fully saturated rings. The van der Waals surface area contributed by atoms with Gasteiger partial charge in [0.05, 0.1) is 40.7 Å². The molecule has 0 bridgehead atoms. The molecule has 148 valence electrons. The fourth-order valence-corrected chi connectivity index (χ4v) is 3.81. The van der Waals surface area contributed by atoms with Gasteiger partial charge in [-0.3, -0.25) is 9.59 Å². The van der Waals surface area contributed by atoms with Crippen LogP contribution in [0.2, 0.25) is 5.02 Å². The zero-order valence-corrected chi connectivity index (χ0v) is 16.8. The first kappa shape index (κ1) is 18.3. The van der Waals surface area contributed by atoms with Crippen LogP contribution >= 0.6 is 11.6 Å². The van der Waals surface area contributed by atoms with E-state index in [1.54, 1.807) is 43.0 Å². The van der Waals surface area contributed by atoms with E-state index in [1.165, 1.54) is 6.20 Å². The summed E-state index contributed by atoms with van der Waals surface area (Å²) in [6.45, 7) is 1.80. The summed E-state index contributed by atoms with van der Waals surface area (Å²) >= 11 is 5.94. The third-order valence-electron chi connectivity index (χ3n) is 5.12. The van der Waals surface area contributed by atoms with Crippen LogP contribution in [0.25, 0.3) is 16.7 Å². The molecule has 0 saturated heterocycles. The van der Waals surface area contributed by atoms with Crippen LogP contribution in [0, 0.1) is 6.92 Å². The number of aromatic nitrogens is 3. The summed E-state index contributed by atoms with van der Waals surface area (Å²) in [7, 11) is 1.60. The van der Waals surface area contributed by atoms with Crippen LogP contribution in [0.1, 0.15) is 26.4 Å². The Labute approximate surface area is 176 Å². The Balaban J connectivity index is 1.67. The summed E-state index contributed by atoms with van der Waals surface area (Å²) in [4.78, 5) is 31.9. The predicted octanol–water partition coefficient (Wildman–Crippen LogP) is 4.19. The molecule has 2 aromatic heterocycles. The van der Waals surface area contributed by atoms with Gasteiger partial charge in [-0.25, -0.2) is 14.6 Å². The largest absolute Gasteiger partial charge is 0.497 e. The van der Waals surface area contributed by atoms with Crippen LogP contribution < -0.4 is 9.64 Å². The smallest absolute Gasteiger partial charge is 0.267 e. The first-order chi connectivity index (χ1) is 14.5. The van der Waals surface area contributed by atoms with Crippen molar-refractivity contribution < 1.29 is 14.3 Å². The molecule has 0 atom stereocenters. The van der Waals surface area contributed by atoms with Crippen LogP contribution in [0.3, 0.4) is 0 Å². The number of rotatable bonds is 3. The molecule has 0 radical (unpaired) electrons. The van der Waals surface area contributed by atoms with Gasteiger partial charge in [0, 0.05) is 11.2 Å². The summed E-state index contributed by atoms with van der Waals surface area (Å²) in [6.07, 6.45) is 1.44. The molecule has 0 unspecified atom stereocenters. The standard InChI is InChI=1S/C22H15ClN4O3/c1-12-18-19-17(21(28)26(22(19)29)14-5-3-13(23)4-6-14)11-24-20(18)27(25-12)15-7-9-16(30-2)10-8-15/h3-11H,1-2H3. The average Bonchev–Trinajstić information content (AvgIpc) is 3.23. The highest BCUT2D eigenvalue weighted by Crippen LogP contribution is 2.35. The van der Waals surface area contributed by atoms with E-state index < -0.39 is 11.8 Å². The maximum atomic E-state index is 13.3. The number of nitrogens with zero attached hydrogens (tertiary/aromatic N) is 4. The number of benzene rings is 2. The highest BCUT2D eigenvalue weighted by molar-refractivity contribution is 6.37. The lowest BCUT2D eigenvalue weighted by atomic mass is 10.1. The molecule has 4 aromatic rings. The van der Waals surface area contributed by atoms with E-state index in [4.69, 9.17) is 16.3 Å². The molecule has 8 heteroatoms. The van der Waals surface area contributed by atoms with Crippen molar-refractivity contribution in [1.29, 1.82) is 0 Å². The first-order valence-corrected chi connectivity index (χ1v) is 9.54. The van der Waals surface area contributed by atoms with Gasteiger partial charge in [0.25, 0.3) is 11.8 Å². The average molecular weight is 419 g/mol. The lowest BCUT2D eigenvalue weighted by molar-refractivity contribution is 0.0926. The number of amides is 2. The van der Waals surface area contributed by atoms with E-state index in [1.807, 2.05) is 24.3 Å². The molecular formula is C22H15ClN4O3. The lowest BCUT2D eigenvalue weighted by Crippen LogP contribution is -2.29. The van der Waals surface area contributed by atoms with E-state index in [0.717, 1.165) is 16.3 Å². The van der Waals surface area contributed by atoms with Crippen LogP contribution in [0.4, 0.5) is 5.69 Å². The molecule has 1 aliphatic rings. The summed E-state index contributed by atoms with van der Waals surface area (Å²) in [5.74, 6) is -0.0920. The Morgan fingerprint density at radius 3 is 2.27 bits per heavy atom. The van der Waals surface area contributed by atoms with Crippen molar-refractivity contribution >= 4 is 40.1 Å². The minimum atomic E-state index is -0.414. The molecule has 0 N–H and O–H groups in total. The first-order valence-electron chi connectivity index (χ1n) is 9.16.